The molecule has 3 rings (SSSR count). The van der Waals surface area contributed by atoms with Gasteiger partial charge in [0.15, 0.2) is 0 Å². The smallest absolute Gasteiger partial charge is 0.308 e. The number of hydrogen-bond donors (Lipinski definition) is 1. The van der Waals surface area contributed by atoms with Gasteiger partial charge in [-0.25, -0.2) is 4.39 Å². The Morgan fingerprint density at radius 2 is 2.00 bits per heavy atom. The summed E-state index contributed by atoms with van der Waals surface area (Å²) in [5, 5.41) is 9.38. The highest BCUT2D eigenvalue weighted by molar-refractivity contribution is 5.80. The minimum Gasteiger partial charge on any atom is -0.481 e. The molecule has 1 heterocycles. The van der Waals surface area contributed by atoms with Crippen molar-refractivity contribution in [3.05, 3.63) is 35.6 Å². The van der Waals surface area contributed by atoms with Gasteiger partial charge in [0, 0.05) is 25.2 Å². The van der Waals surface area contributed by atoms with E-state index >= 15 is 0 Å². The fourth-order valence-corrected chi connectivity index (χ4v) is 3.60. The van der Waals surface area contributed by atoms with Crippen molar-refractivity contribution in [1.82, 2.24) is 9.80 Å². The summed E-state index contributed by atoms with van der Waals surface area (Å²) in [7, 11) is 1.77. The van der Waals surface area contributed by atoms with Crippen LogP contribution in [0.4, 0.5) is 4.39 Å². The van der Waals surface area contributed by atoms with E-state index in [-0.39, 0.29) is 24.2 Å². The lowest BCUT2D eigenvalue weighted by atomic mass is 9.92. The Labute approximate surface area is 141 Å². The van der Waals surface area contributed by atoms with Crippen molar-refractivity contribution >= 4 is 11.9 Å². The second kappa shape index (κ2) is 6.89. The van der Waals surface area contributed by atoms with E-state index in [1.165, 1.54) is 6.07 Å². The van der Waals surface area contributed by atoms with Crippen molar-refractivity contribution in [1.29, 1.82) is 0 Å². The summed E-state index contributed by atoms with van der Waals surface area (Å²) in [6.45, 7) is 1.34. The van der Waals surface area contributed by atoms with Crippen LogP contribution in [0.3, 0.4) is 0 Å². The van der Waals surface area contributed by atoms with Crippen LogP contribution in [-0.2, 0) is 16.1 Å². The Morgan fingerprint density at radius 1 is 1.29 bits per heavy atom. The SMILES string of the molecule is CN(CC(=O)N1C[C@H](C(=O)O)[C@@H](C2CC2)C1)Cc1ccccc1F. The van der Waals surface area contributed by atoms with Crippen molar-refractivity contribution in [3.8, 4) is 0 Å². The monoisotopic (exact) mass is 334 g/mol. The molecule has 1 aromatic carbocycles. The van der Waals surface area contributed by atoms with Crippen LogP contribution in [0.5, 0.6) is 0 Å². The molecule has 1 saturated carbocycles. The molecule has 24 heavy (non-hydrogen) atoms. The molecule has 0 spiro atoms. The number of carboxylic acids is 1. The number of carbonyl (C=O) groups is 2. The molecule has 0 aromatic heterocycles. The van der Waals surface area contributed by atoms with Crippen molar-refractivity contribution in [2.75, 3.05) is 26.7 Å². The fourth-order valence-electron chi connectivity index (χ4n) is 3.60. The Hall–Kier alpha value is -1.95. The van der Waals surface area contributed by atoms with Gasteiger partial charge < -0.3 is 10.0 Å². The zero-order valence-electron chi connectivity index (χ0n) is 13.8. The normalized spacial score (nSPS) is 23.7. The molecule has 1 aliphatic heterocycles. The second-order valence-corrected chi connectivity index (χ2v) is 7.01. The molecule has 1 saturated heterocycles. The summed E-state index contributed by atoms with van der Waals surface area (Å²) in [5.74, 6) is -1.07. The van der Waals surface area contributed by atoms with Gasteiger partial charge in [-0.05, 0) is 37.8 Å². The van der Waals surface area contributed by atoms with Gasteiger partial charge in [0.25, 0.3) is 0 Å². The van der Waals surface area contributed by atoms with E-state index in [1.54, 1.807) is 35.0 Å². The van der Waals surface area contributed by atoms with Crippen LogP contribution in [0.2, 0.25) is 0 Å². The van der Waals surface area contributed by atoms with Gasteiger partial charge in [-0.2, -0.15) is 0 Å². The Morgan fingerprint density at radius 3 is 2.62 bits per heavy atom. The molecule has 130 valence electrons. The number of halogens is 1. The molecule has 1 N–H and O–H groups in total. The number of rotatable bonds is 6. The van der Waals surface area contributed by atoms with Gasteiger partial charge in [0.2, 0.25) is 5.91 Å². The predicted octanol–water partition coefficient (Wildman–Crippen LogP) is 1.83. The topological polar surface area (TPSA) is 60.9 Å². The molecule has 0 radical (unpaired) electrons. The molecule has 0 bridgehead atoms. The van der Waals surface area contributed by atoms with Crippen molar-refractivity contribution in [2.24, 2.45) is 17.8 Å². The third-order valence-corrected chi connectivity index (χ3v) is 5.07. The molecule has 2 fully saturated rings. The third kappa shape index (κ3) is 3.75. The van der Waals surface area contributed by atoms with Gasteiger partial charge in [0.1, 0.15) is 5.82 Å². The lowest BCUT2D eigenvalue weighted by Gasteiger charge is -2.22. The van der Waals surface area contributed by atoms with Crippen LogP contribution >= 0.6 is 0 Å². The van der Waals surface area contributed by atoms with E-state index in [2.05, 4.69) is 0 Å². The zero-order chi connectivity index (χ0) is 17.3. The minimum atomic E-state index is -0.804. The van der Waals surface area contributed by atoms with Crippen LogP contribution in [0.1, 0.15) is 18.4 Å². The maximum absolute atomic E-state index is 13.7. The lowest BCUT2D eigenvalue weighted by molar-refractivity contribution is -0.142. The van der Waals surface area contributed by atoms with E-state index in [9.17, 15) is 19.1 Å². The Bertz CT molecular complexity index is 632. The highest BCUT2D eigenvalue weighted by Gasteiger charge is 2.46. The van der Waals surface area contributed by atoms with Crippen molar-refractivity contribution in [3.63, 3.8) is 0 Å². The molecule has 1 aliphatic carbocycles. The highest BCUT2D eigenvalue weighted by atomic mass is 19.1. The zero-order valence-corrected chi connectivity index (χ0v) is 13.8. The Balaban J connectivity index is 1.56. The van der Waals surface area contributed by atoms with E-state index in [0.29, 0.717) is 31.1 Å². The maximum Gasteiger partial charge on any atom is 0.308 e. The van der Waals surface area contributed by atoms with Crippen LogP contribution in [0.15, 0.2) is 24.3 Å². The van der Waals surface area contributed by atoms with Gasteiger partial charge in [0.05, 0.1) is 12.5 Å². The van der Waals surface area contributed by atoms with Gasteiger partial charge in [-0.15, -0.1) is 0 Å². The number of amides is 1. The number of likely N-dealkylation sites (N-methyl/N-ethyl adjacent to an activating group) is 1. The van der Waals surface area contributed by atoms with Crippen LogP contribution in [0.25, 0.3) is 0 Å². The molecule has 1 aromatic rings. The van der Waals surface area contributed by atoms with Gasteiger partial charge in [-0.1, -0.05) is 18.2 Å². The number of nitrogens with zero attached hydrogens (tertiary/aromatic N) is 2. The summed E-state index contributed by atoms with van der Waals surface area (Å²) < 4.78 is 13.7. The molecular weight excluding hydrogens is 311 g/mol. The quantitative estimate of drug-likeness (QED) is 0.862. The van der Waals surface area contributed by atoms with Gasteiger partial charge in [-0.3, -0.25) is 14.5 Å². The molecule has 6 heteroatoms. The van der Waals surface area contributed by atoms with Crippen LogP contribution in [-0.4, -0.2) is 53.5 Å². The molecule has 0 unspecified atom stereocenters. The second-order valence-electron chi connectivity index (χ2n) is 7.01. The van der Waals surface area contributed by atoms with Crippen LogP contribution < -0.4 is 0 Å². The van der Waals surface area contributed by atoms with E-state index in [1.807, 2.05) is 0 Å². The molecule has 5 nitrogen and oxygen atoms in total. The number of likely N-dealkylation sites (tertiary alicyclic amines) is 1. The first kappa shape index (κ1) is 16.9. The van der Waals surface area contributed by atoms with Gasteiger partial charge >= 0.3 is 5.97 Å². The molecule has 2 atom stereocenters. The standard InChI is InChI=1S/C18H23FN2O3/c1-20(8-13-4-2-3-5-16(13)19)11-17(22)21-9-14(12-6-7-12)15(10-21)18(23)24/h2-5,12,14-15H,6-11H2,1H3,(H,23,24)/t14-,15+/m1/s1. The third-order valence-electron chi connectivity index (χ3n) is 5.07. The number of aliphatic carboxylic acids is 1. The van der Waals surface area contributed by atoms with E-state index < -0.39 is 11.9 Å². The first-order chi connectivity index (χ1) is 11.5. The average Bonchev–Trinajstić information content (AvgIpc) is 3.27. The van der Waals surface area contributed by atoms with Crippen molar-refractivity contribution < 1.29 is 19.1 Å². The summed E-state index contributed by atoms with van der Waals surface area (Å²) in [6, 6.07) is 6.52. The van der Waals surface area contributed by atoms with Crippen molar-refractivity contribution in [2.45, 2.75) is 19.4 Å². The van der Waals surface area contributed by atoms with E-state index in [0.717, 1.165) is 12.8 Å². The van der Waals surface area contributed by atoms with E-state index in [4.69, 9.17) is 0 Å². The number of hydrogen-bond acceptors (Lipinski definition) is 3. The van der Waals surface area contributed by atoms with Crippen LogP contribution in [0, 0.1) is 23.6 Å². The fraction of sp³-hybridized carbons (Fsp3) is 0.556. The maximum atomic E-state index is 13.7. The Kier molecular flexibility index (Phi) is 4.85. The summed E-state index contributed by atoms with van der Waals surface area (Å²) >= 11 is 0. The molecule has 2 aliphatic rings. The number of carboxylic acid groups (broad SMARTS) is 1. The first-order valence-electron chi connectivity index (χ1n) is 8.38. The summed E-state index contributed by atoms with van der Waals surface area (Å²) in [6.07, 6.45) is 2.15. The summed E-state index contributed by atoms with van der Waals surface area (Å²) in [4.78, 5) is 27.3. The lowest BCUT2D eigenvalue weighted by Crippen LogP contribution is -2.38. The number of carbonyl (C=O) groups excluding carboxylic acids is 1. The first-order valence-corrected chi connectivity index (χ1v) is 8.38. The average molecular weight is 334 g/mol. The highest BCUT2D eigenvalue weighted by Crippen LogP contribution is 2.44. The predicted molar refractivity (Wildman–Crippen MR) is 86.7 cm³/mol. The molecular formula is C18H23FN2O3. The minimum absolute atomic E-state index is 0.0803. The largest absolute Gasteiger partial charge is 0.481 e. The molecule has 1 amide bonds. The summed E-state index contributed by atoms with van der Waals surface area (Å²) in [5.41, 5.74) is 0.550. The number of benzene rings is 1.